The monoisotopic (exact) mass is 181 g/mol. The van der Waals surface area contributed by atoms with Crippen molar-refractivity contribution in [2.75, 3.05) is 6.54 Å². The molecule has 0 aliphatic carbocycles. The van der Waals surface area contributed by atoms with Crippen molar-refractivity contribution in [2.45, 2.75) is 46.5 Å². The zero-order valence-electron chi connectivity index (χ0n) is 9.34. The van der Waals surface area contributed by atoms with Crippen LogP contribution in [0.25, 0.3) is 0 Å². The smallest absolute Gasteiger partial charge is 0.0384 e. The predicted octanol–water partition coefficient (Wildman–Crippen LogP) is 3.85. The third-order valence-corrected chi connectivity index (χ3v) is 2.23. The molecular formula is C12H23N. The van der Waals surface area contributed by atoms with E-state index >= 15 is 0 Å². The minimum absolute atomic E-state index is 0.802. The van der Waals surface area contributed by atoms with Gasteiger partial charge in [0.15, 0.2) is 0 Å². The molecule has 1 unspecified atom stereocenters. The van der Waals surface area contributed by atoms with E-state index in [9.17, 15) is 0 Å². The molecule has 13 heavy (non-hydrogen) atoms. The van der Waals surface area contributed by atoms with E-state index in [1.165, 1.54) is 31.3 Å². The number of aliphatic imine (C=N–C) groups is 1. The van der Waals surface area contributed by atoms with Crippen LogP contribution in [-0.2, 0) is 0 Å². The Morgan fingerprint density at radius 1 is 1.38 bits per heavy atom. The van der Waals surface area contributed by atoms with Gasteiger partial charge in [-0.3, -0.25) is 0 Å². The topological polar surface area (TPSA) is 12.4 Å². The lowest BCUT2D eigenvalue weighted by atomic mass is 10.0. The van der Waals surface area contributed by atoms with E-state index < -0.39 is 0 Å². The van der Waals surface area contributed by atoms with E-state index in [4.69, 9.17) is 0 Å². The summed E-state index contributed by atoms with van der Waals surface area (Å²) < 4.78 is 0. The lowest BCUT2D eigenvalue weighted by Gasteiger charge is -2.07. The average molecular weight is 181 g/mol. The minimum atomic E-state index is 0.802. The molecule has 0 saturated carbocycles. The number of hydrogen-bond acceptors (Lipinski definition) is 1. The Morgan fingerprint density at radius 3 is 2.62 bits per heavy atom. The van der Waals surface area contributed by atoms with Crippen LogP contribution in [0.5, 0.6) is 0 Å². The molecule has 0 saturated heterocycles. The fourth-order valence-electron chi connectivity index (χ4n) is 1.31. The zero-order valence-corrected chi connectivity index (χ0v) is 9.34. The molecule has 0 aliphatic heterocycles. The van der Waals surface area contributed by atoms with Gasteiger partial charge in [0, 0.05) is 6.54 Å². The summed E-state index contributed by atoms with van der Waals surface area (Å²) in [5.74, 6) is 0.802. The summed E-state index contributed by atoms with van der Waals surface area (Å²) in [6.45, 7) is 11.0. The molecular weight excluding hydrogens is 158 g/mol. The summed E-state index contributed by atoms with van der Waals surface area (Å²) in [7, 11) is 0. The van der Waals surface area contributed by atoms with Crippen molar-refractivity contribution in [3.05, 3.63) is 11.6 Å². The Labute approximate surface area is 83.0 Å². The standard InChI is InChI=1S/C12H23N/c1-11(2)7-5-6-8-12(3)9-10-13-4/h7,12H,4-6,8-10H2,1-3H3. The summed E-state index contributed by atoms with van der Waals surface area (Å²) in [4.78, 5) is 3.87. The van der Waals surface area contributed by atoms with E-state index in [2.05, 4.69) is 38.6 Å². The second kappa shape index (κ2) is 8.03. The van der Waals surface area contributed by atoms with E-state index in [-0.39, 0.29) is 0 Å². The van der Waals surface area contributed by atoms with Crippen molar-refractivity contribution in [1.82, 2.24) is 0 Å². The minimum Gasteiger partial charge on any atom is -0.301 e. The molecule has 1 heteroatoms. The van der Waals surface area contributed by atoms with Crippen molar-refractivity contribution in [3.63, 3.8) is 0 Å². The van der Waals surface area contributed by atoms with Gasteiger partial charge in [0.25, 0.3) is 0 Å². The molecule has 1 atom stereocenters. The number of allylic oxidation sites excluding steroid dienone is 2. The molecule has 1 nitrogen and oxygen atoms in total. The van der Waals surface area contributed by atoms with Crippen LogP contribution < -0.4 is 0 Å². The van der Waals surface area contributed by atoms with Gasteiger partial charge in [-0.2, -0.15) is 0 Å². The molecule has 0 heterocycles. The second-order valence-corrected chi connectivity index (χ2v) is 4.05. The van der Waals surface area contributed by atoms with Crippen molar-refractivity contribution >= 4 is 6.72 Å². The highest BCUT2D eigenvalue weighted by Crippen LogP contribution is 2.12. The first kappa shape index (κ1) is 12.4. The predicted molar refractivity (Wildman–Crippen MR) is 61.5 cm³/mol. The number of unbranched alkanes of at least 4 members (excludes halogenated alkanes) is 1. The fraction of sp³-hybridized carbons (Fsp3) is 0.750. The average Bonchev–Trinajstić information content (AvgIpc) is 2.08. The third-order valence-electron chi connectivity index (χ3n) is 2.23. The number of hydrogen-bond donors (Lipinski definition) is 0. The van der Waals surface area contributed by atoms with Gasteiger partial charge in [-0.1, -0.05) is 25.0 Å². The highest BCUT2D eigenvalue weighted by molar-refractivity contribution is 5.22. The zero-order chi connectivity index (χ0) is 10.1. The molecule has 0 amide bonds. The first-order valence-electron chi connectivity index (χ1n) is 5.22. The van der Waals surface area contributed by atoms with E-state index in [1.807, 2.05) is 0 Å². The summed E-state index contributed by atoms with van der Waals surface area (Å²) in [5, 5.41) is 0. The van der Waals surface area contributed by atoms with E-state index in [0.29, 0.717) is 0 Å². The number of nitrogens with zero attached hydrogens (tertiary/aromatic N) is 1. The van der Waals surface area contributed by atoms with Gasteiger partial charge in [0.05, 0.1) is 0 Å². The number of rotatable bonds is 7. The largest absolute Gasteiger partial charge is 0.301 e. The Balaban J connectivity index is 3.31. The van der Waals surface area contributed by atoms with Crippen molar-refractivity contribution < 1.29 is 0 Å². The molecule has 0 aliphatic rings. The van der Waals surface area contributed by atoms with Crippen LogP contribution in [0.15, 0.2) is 16.6 Å². The first-order chi connectivity index (χ1) is 6.16. The second-order valence-electron chi connectivity index (χ2n) is 4.05. The lowest BCUT2D eigenvalue weighted by Crippen LogP contribution is -1.96. The van der Waals surface area contributed by atoms with Gasteiger partial charge in [-0.05, 0) is 45.7 Å². The Bertz CT molecular complexity index is 155. The third kappa shape index (κ3) is 9.32. The molecule has 0 radical (unpaired) electrons. The van der Waals surface area contributed by atoms with Gasteiger partial charge in [-0.25, -0.2) is 0 Å². The van der Waals surface area contributed by atoms with Crippen LogP contribution in [0.4, 0.5) is 0 Å². The van der Waals surface area contributed by atoms with Gasteiger partial charge in [0.1, 0.15) is 0 Å². The van der Waals surface area contributed by atoms with E-state index in [0.717, 1.165) is 12.5 Å². The van der Waals surface area contributed by atoms with Gasteiger partial charge in [0.2, 0.25) is 0 Å². The molecule has 0 aromatic rings. The molecule has 0 rings (SSSR count). The maximum Gasteiger partial charge on any atom is 0.0384 e. The van der Waals surface area contributed by atoms with Gasteiger partial charge < -0.3 is 4.99 Å². The van der Waals surface area contributed by atoms with Gasteiger partial charge in [-0.15, -0.1) is 0 Å². The van der Waals surface area contributed by atoms with Crippen molar-refractivity contribution in [1.29, 1.82) is 0 Å². The van der Waals surface area contributed by atoms with Crippen molar-refractivity contribution in [2.24, 2.45) is 10.9 Å². The van der Waals surface area contributed by atoms with Crippen LogP contribution in [0.2, 0.25) is 0 Å². The van der Waals surface area contributed by atoms with Crippen LogP contribution in [0.3, 0.4) is 0 Å². The van der Waals surface area contributed by atoms with Crippen LogP contribution in [0, 0.1) is 5.92 Å². The fourth-order valence-corrected chi connectivity index (χ4v) is 1.31. The highest BCUT2D eigenvalue weighted by Gasteiger charge is 1.99. The molecule has 0 N–H and O–H groups in total. The summed E-state index contributed by atoms with van der Waals surface area (Å²) in [6, 6.07) is 0. The quantitative estimate of drug-likeness (QED) is 0.321. The van der Waals surface area contributed by atoms with E-state index in [1.54, 1.807) is 0 Å². The van der Waals surface area contributed by atoms with Crippen LogP contribution in [0.1, 0.15) is 46.5 Å². The Hall–Kier alpha value is -0.590. The van der Waals surface area contributed by atoms with Crippen LogP contribution in [-0.4, -0.2) is 13.3 Å². The summed E-state index contributed by atoms with van der Waals surface area (Å²) in [6.07, 6.45) is 7.37. The maximum atomic E-state index is 3.87. The summed E-state index contributed by atoms with van der Waals surface area (Å²) in [5.41, 5.74) is 1.43. The Kier molecular flexibility index (Phi) is 7.66. The lowest BCUT2D eigenvalue weighted by molar-refractivity contribution is 0.484. The maximum absolute atomic E-state index is 3.87. The molecule has 0 spiro atoms. The molecule has 0 aromatic heterocycles. The first-order valence-corrected chi connectivity index (χ1v) is 5.22. The molecule has 0 aromatic carbocycles. The summed E-state index contributed by atoms with van der Waals surface area (Å²) >= 11 is 0. The molecule has 0 bridgehead atoms. The normalized spacial score (nSPS) is 12.2. The molecule has 76 valence electrons. The Morgan fingerprint density at radius 2 is 2.08 bits per heavy atom. The van der Waals surface area contributed by atoms with Crippen molar-refractivity contribution in [3.8, 4) is 0 Å². The molecule has 0 fully saturated rings. The van der Waals surface area contributed by atoms with Crippen LogP contribution >= 0.6 is 0 Å². The highest BCUT2D eigenvalue weighted by atomic mass is 14.7. The SMILES string of the molecule is C=NCCC(C)CCCC=C(C)C. The van der Waals surface area contributed by atoms with Gasteiger partial charge >= 0.3 is 0 Å².